The van der Waals surface area contributed by atoms with Gasteiger partial charge in [0.15, 0.2) is 0 Å². The van der Waals surface area contributed by atoms with Crippen molar-refractivity contribution in [3.05, 3.63) is 35.4 Å². The molecule has 20 heavy (non-hydrogen) atoms. The largest absolute Gasteiger partial charge is 0.416 e. The Bertz CT molecular complexity index is 464. The first-order chi connectivity index (χ1) is 9.38. The summed E-state index contributed by atoms with van der Waals surface area (Å²) in [4.78, 5) is 13.7. The number of benzene rings is 1. The molecule has 1 aromatic carbocycles. The highest BCUT2D eigenvalue weighted by Gasteiger charge is 2.30. The SMILES string of the molecule is CN(CC1CCCN1)C(=O)c1ccc(C(F)(F)F)cc1. The second-order valence-electron chi connectivity index (χ2n) is 5.05. The van der Waals surface area contributed by atoms with Gasteiger partial charge < -0.3 is 10.2 Å². The normalized spacial score (nSPS) is 19.1. The van der Waals surface area contributed by atoms with Crippen molar-refractivity contribution < 1.29 is 18.0 Å². The summed E-state index contributed by atoms with van der Waals surface area (Å²) in [5, 5.41) is 3.28. The van der Waals surface area contributed by atoms with E-state index >= 15 is 0 Å². The molecule has 1 unspecified atom stereocenters. The van der Waals surface area contributed by atoms with Gasteiger partial charge in [-0.1, -0.05) is 0 Å². The molecular weight excluding hydrogens is 269 g/mol. The molecule has 0 aromatic heterocycles. The first-order valence-electron chi connectivity index (χ1n) is 6.54. The molecule has 0 radical (unpaired) electrons. The van der Waals surface area contributed by atoms with Gasteiger partial charge in [0, 0.05) is 25.2 Å². The molecular formula is C14H17F3N2O. The maximum Gasteiger partial charge on any atom is 0.416 e. The van der Waals surface area contributed by atoms with Gasteiger partial charge in [-0.15, -0.1) is 0 Å². The maximum absolute atomic E-state index is 12.4. The molecule has 110 valence electrons. The second-order valence-corrected chi connectivity index (χ2v) is 5.05. The lowest BCUT2D eigenvalue weighted by Crippen LogP contribution is -2.38. The van der Waals surface area contributed by atoms with Gasteiger partial charge in [0.1, 0.15) is 0 Å². The van der Waals surface area contributed by atoms with Crippen LogP contribution in [-0.4, -0.2) is 37.0 Å². The van der Waals surface area contributed by atoms with E-state index in [1.165, 1.54) is 12.1 Å². The highest BCUT2D eigenvalue weighted by Crippen LogP contribution is 2.29. The molecule has 1 aliphatic rings. The molecule has 1 atom stereocenters. The van der Waals surface area contributed by atoms with E-state index in [1.807, 2.05) is 0 Å². The molecule has 0 aliphatic carbocycles. The first kappa shape index (κ1) is 14.8. The van der Waals surface area contributed by atoms with E-state index in [2.05, 4.69) is 5.32 Å². The second kappa shape index (κ2) is 5.83. The van der Waals surface area contributed by atoms with E-state index < -0.39 is 11.7 Å². The Hall–Kier alpha value is -1.56. The number of alkyl halides is 3. The molecule has 0 saturated carbocycles. The number of amides is 1. The molecule has 1 aliphatic heterocycles. The van der Waals surface area contributed by atoms with Crippen molar-refractivity contribution in [2.24, 2.45) is 0 Å². The lowest BCUT2D eigenvalue weighted by atomic mass is 10.1. The number of hydrogen-bond donors (Lipinski definition) is 1. The number of rotatable bonds is 3. The zero-order valence-electron chi connectivity index (χ0n) is 11.2. The number of halogens is 3. The summed E-state index contributed by atoms with van der Waals surface area (Å²) in [6, 6.07) is 4.61. The monoisotopic (exact) mass is 286 g/mol. The van der Waals surface area contributed by atoms with Crippen LogP contribution in [0.1, 0.15) is 28.8 Å². The highest BCUT2D eigenvalue weighted by atomic mass is 19.4. The molecule has 6 heteroatoms. The molecule has 1 saturated heterocycles. The van der Waals surface area contributed by atoms with Gasteiger partial charge in [-0.05, 0) is 43.7 Å². The predicted octanol–water partition coefficient (Wildman–Crippen LogP) is 2.53. The molecule has 1 heterocycles. The van der Waals surface area contributed by atoms with Crippen LogP contribution in [0.15, 0.2) is 24.3 Å². The Morgan fingerprint density at radius 1 is 1.35 bits per heavy atom. The Kier molecular flexibility index (Phi) is 4.32. The van der Waals surface area contributed by atoms with Gasteiger partial charge in [0.25, 0.3) is 5.91 Å². The van der Waals surface area contributed by atoms with Gasteiger partial charge in [-0.2, -0.15) is 13.2 Å². The third-order valence-corrected chi connectivity index (χ3v) is 3.46. The smallest absolute Gasteiger partial charge is 0.340 e. The van der Waals surface area contributed by atoms with Crippen LogP contribution in [0.2, 0.25) is 0 Å². The Balaban J connectivity index is 2.01. The first-order valence-corrected chi connectivity index (χ1v) is 6.54. The summed E-state index contributed by atoms with van der Waals surface area (Å²) < 4.78 is 37.3. The summed E-state index contributed by atoms with van der Waals surface area (Å²) in [6.07, 6.45) is -2.27. The fourth-order valence-electron chi connectivity index (χ4n) is 2.35. The fourth-order valence-corrected chi connectivity index (χ4v) is 2.35. The van der Waals surface area contributed by atoms with E-state index in [0.29, 0.717) is 6.54 Å². The molecule has 2 rings (SSSR count). The van der Waals surface area contributed by atoms with Crippen molar-refractivity contribution in [1.82, 2.24) is 10.2 Å². The van der Waals surface area contributed by atoms with Crippen LogP contribution in [0.5, 0.6) is 0 Å². The van der Waals surface area contributed by atoms with E-state index in [-0.39, 0.29) is 17.5 Å². The summed E-state index contributed by atoms with van der Waals surface area (Å²) in [6.45, 7) is 1.52. The molecule has 1 fully saturated rings. The van der Waals surface area contributed by atoms with Gasteiger partial charge in [-0.25, -0.2) is 0 Å². The van der Waals surface area contributed by atoms with E-state index in [9.17, 15) is 18.0 Å². The lowest BCUT2D eigenvalue weighted by molar-refractivity contribution is -0.137. The van der Waals surface area contributed by atoms with Crippen molar-refractivity contribution >= 4 is 5.91 Å². The van der Waals surface area contributed by atoms with Crippen LogP contribution in [-0.2, 0) is 6.18 Å². The Morgan fingerprint density at radius 3 is 2.50 bits per heavy atom. The van der Waals surface area contributed by atoms with Crippen molar-refractivity contribution in [3.8, 4) is 0 Å². The third kappa shape index (κ3) is 3.50. The van der Waals surface area contributed by atoms with Crippen LogP contribution in [0.4, 0.5) is 13.2 Å². The van der Waals surface area contributed by atoms with Crippen molar-refractivity contribution in [2.45, 2.75) is 25.1 Å². The summed E-state index contributed by atoms with van der Waals surface area (Å²) in [5.74, 6) is -0.257. The minimum atomic E-state index is -4.37. The standard InChI is InChI=1S/C14H17F3N2O/c1-19(9-12-3-2-8-18-12)13(20)10-4-6-11(7-5-10)14(15,16)17/h4-7,12,18H,2-3,8-9H2,1H3. The van der Waals surface area contributed by atoms with Crippen molar-refractivity contribution in [3.63, 3.8) is 0 Å². The van der Waals surface area contributed by atoms with E-state index in [4.69, 9.17) is 0 Å². The zero-order valence-corrected chi connectivity index (χ0v) is 11.2. The predicted molar refractivity (Wildman–Crippen MR) is 69.4 cm³/mol. The summed E-state index contributed by atoms with van der Waals surface area (Å²) >= 11 is 0. The molecule has 0 spiro atoms. The number of likely N-dealkylation sites (N-methyl/N-ethyl adjacent to an activating group) is 1. The molecule has 1 N–H and O–H groups in total. The minimum Gasteiger partial charge on any atom is -0.340 e. The molecule has 3 nitrogen and oxygen atoms in total. The number of nitrogens with one attached hydrogen (secondary N) is 1. The summed E-state index contributed by atoms with van der Waals surface area (Å²) in [5.41, 5.74) is -0.465. The van der Waals surface area contributed by atoms with Gasteiger partial charge in [0.2, 0.25) is 0 Å². The average Bonchev–Trinajstić information content (AvgIpc) is 2.90. The Labute approximate surface area is 115 Å². The molecule has 1 aromatic rings. The third-order valence-electron chi connectivity index (χ3n) is 3.46. The van der Waals surface area contributed by atoms with Gasteiger partial charge >= 0.3 is 6.18 Å². The van der Waals surface area contributed by atoms with Crippen LogP contribution in [0.3, 0.4) is 0 Å². The van der Waals surface area contributed by atoms with Gasteiger partial charge in [-0.3, -0.25) is 4.79 Å². The Morgan fingerprint density at radius 2 is 2.00 bits per heavy atom. The average molecular weight is 286 g/mol. The fraction of sp³-hybridized carbons (Fsp3) is 0.500. The lowest BCUT2D eigenvalue weighted by Gasteiger charge is -2.21. The van der Waals surface area contributed by atoms with E-state index in [1.54, 1.807) is 11.9 Å². The van der Waals surface area contributed by atoms with Gasteiger partial charge in [0.05, 0.1) is 5.56 Å². The number of hydrogen-bond acceptors (Lipinski definition) is 2. The van der Waals surface area contributed by atoms with Crippen LogP contribution in [0.25, 0.3) is 0 Å². The molecule has 1 amide bonds. The van der Waals surface area contributed by atoms with Crippen LogP contribution < -0.4 is 5.32 Å². The maximum atomic E-state index is 12.4. The number of carbonyl (C=O) groups excluding carboxylic acids is 1. The minimum absolute atomic E-state index is 0.257. The topological polar surface area (TPSA) is 32.3 Å². The molecule has 0 bridgehead atoms. The number of carbonyl (C=O) groups is 1. The van der Waals surface area contributed by atoms with Crippen molar-refractivity contribution in [1.29, 1.82) is 0 Å². The van der Waals surface area contributed by atoms with E-state index in [0.717, 1.165) is 31.5 Å². The zero-order chi connectivity index (χ0) is 14.8. The number of nitrogens with zero attached hydrogens (tertiary/aromatic N) is 1. The summed E-state index contributed by atoms with van der Waals surface area (Å²) in [7, 11) is 1.67. The van der Waals surface area contributed by atoms with Crippen LogP contribution >= 0.6 is 0 Å². The van der Waals surface area contributed by atoms with Crippen molar-refractivity contribution in [2.75, 3.05) is 20.1 Å². The van der Waals surface area contributed by atoms with Crippen LogP contribution in [0, 0.1) is 0 Å². The highest BCUT2D eigenvalue weighted by molar-refractivity contribution is 5.94. The quantitative estimate of drug-likeness (QED) is 0.926.